The molecule has 1 saturated carbocycles. The minimum absolute atomic E-state index is 0.151. The molecule has 0 aromatic carbocycles. The largest absolute Gasteiger partial charge is 0.130 e. The van der Waals surface area contributed by atoms with Crippen LogP contribution in [0.4, 0.5) is 0 Å². The predicted octanol–water partition coefficient (Wildman–Crippen LogP) is 6.77. The zero-order chi connectivity index (χ0) is 12.6. The van der Waals surface area contributed by atoms with Crippen molar-refractivity contribution in [1.82, 2.24) is 0 Å². The third-order valence-electron chi connectivity index (χ3n) is 3.88. The van der Waals surface area contributed by atoms with Crippen LogP contribution in [0.2, 0.25) is 0 Å². The molecule has 1 aromatic rings. The minimum atomic E-state index is 0.151. The molecule has 1 heterocycles. The fourth-order valence-corrected chi connectivity index (χ4v) is 5.56. The molecule has 0 radical (unpaired) electrons. The van der Waals surface area contributed by atoms with Crippen LogP contribution >= 0.6 is 54.8 Å². The van der Waals surface area contributed by atoms with Crippen LogP contribution < -0.4 is 0 Å². The van der Waals surface area contributed by atoms with E-state index >= 15 is 0 Å². The van der Waals surface area contributed by atoms with Crippen LogP contribution in [0.15, 0.2) is 14.3 Å². The fourth-order valence-electron chi connectivity index (χ4n) is 2.76. The van der Waals surface area contributed by atoms with Crippen LogP contribution in [-0.4, -0.2) is 0 Å². The Morgan fingerprint density at radius 2 is 2.12 bits per heavy atom. The smallest absolute Gasteiger partial charge is 0.0843 e. The lowest BCUT2D eigenvalue weighted by Crippen LogP contribution is -2.30. The molecule has 4 heteroatoms. The van der Waals surface area contributed by atoms with Gasteiger partial charge in [0.25, 0.3) is 0 Å². The summed E-state index contributed by atoms with van der Waals surface area (Å²) in [5.41, 5.74) is 0.369. The molecule has 1 aliphatic rings. The van der Waals surface area contributed by atoms with Gasteiger partial charge in [-0.2, -0.15) is 0 Å². The molecule has 0 nitrogen and oxygen atoms in total. The first-order chi connectivity index (χ1) is 7.92. The van der Waals surface area contributed by atoms with Gasteiger partial charge in [0, 0.05) is 9.35 Å². The maximum Gasteiger partial charge on any atom is 0.0843 e. The second-order valence-electron chi connectivity index (χ2n) is 5.51. The van der Waals surface area contributed by atoms with E-state index in [9.17, 15) is 0 Å². The van der Waals surface area contributed by atoms with Crippen molar-refractivity contribution in [2.45, 2.75) is 44.9 Å². The summed E-state index contributed by atoms with van der Waals surface area (Å²) in [6, 6.07) is 2.16. The topological polar surface area (TPSA) is 0 Å². The molecule has 1 aliphatic carbocycles. The summed E-state index contributed by atoms with van der Waals surface area (Å²) in [7, 11) is 0. The summed E-state index contributed by atoms with van der Waals surface area (Å²) in [5.74, 6) is 0.593. The molecular formula is C13H17Br2ClS. The quantitative estimate of drug-likeness (QED) is 0.481. The van der Waals surface area contributed by atoms with Gasteiger partial charge in [0.2, 0.25) is 0 Å². The Morgan fingerprint density at radius 3 is 2.65 bits per heavy atom. The summed E-state index contributed by atoms with van der Waals surface area (Å²) < 4.78 is 2.27. The van der Waals surface area contributed by atoms with Crippen molar-refractivity contribution in [3.8, 4) is 0 Å². The van der Waals surface area contributed by atoms with Crippen molar-refractivity contribution < 1.29 is 0 Å². The Morgan fingerprint density at radius 1 is 1.41 bits per heavy atom. The maximum absolute atomic E-state index is 6.72. The average Bonchev–Trinajstić information content (AvgIpc) is 2.58. The van der Waals surface area contributed by atoms with Gasteiger partial charge in [-0.1, -0.05) is 26.7 Å². The molecule has 0 spiro atoms. The number of alkyl halides is 1. The van der Waals surface area contributed by atoms with E-state index in [-0.39, 0.29) is 5.38 Å². The molecule has 1 fully saturated rings. The van der Waals surface area contributed by atoms with Crippen molar-refractivity contribution in [2.24, 2.45) is 11.3 Å². The Kier molecular flexibility index (Phi) is 4.66. The standard InChI is InChI=1S/C13H17Br2ClS/c1-13(2)6-4-3-5-8(13)11(16)10-7-9(14)12(15)17-10/h7-8,11H,3-6H2,1-2H3. The molecule has 2 rings (SSSR count). The highest BCUT2D eigenvalue weighted by molar-refractivity contribution is 9.13. The number of hydrogen-bond acceptors (Lipinski definition) is 1. The molecule has 0 bridgehead atoms. The number of rotatable bonds is 2. The molecule has 0 N–H and O–H groups in total. The predicted molar refractivity (Wildman–Crippen MR) is 84.1 cm³/mol. The van der Waals surface area contributed by atoms with Crippen LogP contribution in [0.5, 0.6) is 0 Å². The highest BCUT2D eigenvalue weighted by atomic mass is 79.9. The van der Waals surface area contributed by atoms with Crippen LogP contribution in [0.25, 0.3) is 0 Å². The van der Waals surface area contributed by atoms with Gasteiger partial charge in [-0.3, -0.25) is 0 Å². The monoisotopic (exact) mass is 398 g/mol. The van der Waals surface area contributed by atoms with Crippen molar-refractivity contribution in [3.63, 3.8) is 0 Å². The van der Waals surface area contributed by atoms with Gasteiger partial charge in [-0.15, -0.1) is 22.9 Å². The van der Waals surface area contributed by atoms with Gasteiger partial charge in [0.15, 0.2) is 0 Å². The summed E-state index contributed by atoms with van der Waals surface area (Å²) in [6.07, 6.45) is 5.23. The zero-order valence-electron chi connectivity index (χ0n) is 10.1. The number of thiophene rings is 1. The Bertz CT molecular complexity index is 381. The maximum atomic E-state index is 6.72. The average molecular weight is 401 g/mol. The summed E-state index contributed by atoms with van der Waals surface area (Å²) >= 11 is 15.6. The third-order valence-corrected chi connectivity index (χ3v) is 7.89. The highest BCUT2D eigenvalue weighted by Crippen LogP contribution is 2.51. The van der Waals surface area contributed by atoms with Gasteiger partial charge in [-0.25, -0.2) is 0 Å². The summed E-state index contributed by atoms with van der Waals surface area (Å²) in [6.45, 7) is 4.73. The molecule has 2 atom stereocenters. The Hall–Kier alpha value is 0.950. The first kappa shape index (κ1) is 14.4. The lowest BCUT2D eigenvalue weighted by molar-refractivity contribution is 0.134. The second-order valence-corrected chi connectivity index (χ2v) is 9.24. The normalized spacial score (nSPS) is 25.8. The Labute approximate surface area is 129 Å². The van der Waals surface area contributed by atoms with Gasteiger partial charge >= 0.3 is 0 Å². The Balaban J connectivity index is 2.21. The van der Waals surface area contributed by atoms with Crippen molar-refractivity contribution >= 4 is 54.8 Å². The molecule has 2 unspecified atom stereocenters. The molecular weight excluding hydrogens is 383 g/mol. The molecule has 0 aliphatic heterocycles. The molecule has 1 aromatic heterocycles. The molecule has 96 valence electrons. The highest BCUT2D eigenvalue weighted by Gasteiger charge is 2.38. The minimum Gasteiger partial charge on any atom is -0.130 e. The van der Waals surface area contributed by atoms with E-state index in [2.05, 4.69) is 51.8 Å². The van der Waals surface area contributed by atoms with Gasteiger partial charge in [0.1, 0.15) is 0 Å². The number of hydrogen-bond donors (Lipinski definition) is 0. The van der Waals surface area contributed by atoms with E-state index in [0.29, 0.717) is 11.3 Å². The first-order valence-corrected chi connectivity index (χ1v) is 8.84. The fraction of sp³-hybridized carbons (Fsp3) is 0.692. The van der Waals surface area contributed by atoms with Gasteiger partial charge in [0.05, 0.1) is 9.16 Å². The first-order valence-electron chi connectivity index (χ1n) is 6.00. The van der Waals surface area contributed by atoms with E-state index < -0.39 is 0 Å². The summed E-state index contributed by atoms with van der Waals surface area (Å²) in [5, 5.41) is 0.151. The SMILES string of the molecule is CC1(C)CCCCC1C(Cl)c1cc(Br)c(Br)s1. The zero-order valence-corrected chi connectivity index (χ0v) is 14.8. The van der Waals surface area contributed by atoms with E-state index in [1.54, 1.807) is 11.3 Å². The molecule has 17 heavy (non-hydrogen) atoms. The van der Waals surface area contributed by atoms with E-state index in [1.807, 2.05) is 0 Å². The second kappa shape index (κ2) is 5.52. The lowest BCUT2D eigenvalue weighted by atomic mass is 9.67. The molecule has 0 saturated heterocycles. The van der Waals surface area contributed by atoms with Crippen LogP contribution in [0.1, 0.15) is 49.8 Å². The van der Waals surface area contributed by atoms with E-state index in [0.717, 1.165) is 8.26 Å². The third kappa shape index (κ3) is 3.10. The lowest BCUT2D eigenvalue weighted by Gasteiger charge is -2.41. The van der Waals surface area contributed by atoms with Crippen molar-refractivity contribution in [2.75, 3.05) is 0 Å². The van der Waals surface area contributed by atoms with Crippen LogP contribution in [0.3, 0.4) is 0 Å². The van der Waals surface area contributed by atoms with Crippen molar-refractivity contribution in [3.05, 3.63) is 19.2 Å². The van der Waals surface area contributed by atoms with Crippen molar-refractivity contribution in [1.29, 1.82) is 0 Å². The van der Waals surface area contributed by atoms with Gasteiger partial charge in [-0.05, 0) is 62.1 Å². The summed E-state index contributed by atoms with van der Waals surface area (Å²) in [4.78, 5) is 1.28. The number of halogens is 3. The van der Waals surface area contributed by atoms with Crippen LogP contribution in [0, 0.1) is 11.3 Å². The van der Waals surface area contributed by atoms with E-state index in [1.165, 1.54) is 30.6 Å². The van der Waals surface area contributed by atoms with Gasteiger partial charge < -0.3 is 0 Å². The molecule has 0 amide bonds. The van der Waals surface area contributed by atoms with Crippen LogP contribution in [-0.2, 0) is 0 Å². The van der Waals surface area contributed by atoms with E-state index in [4.69, 9.17) is 11.6 Å².